The number of nitrogens with zero attached hydrogens (tertiary/aromatic N) is 4. The SMILES string of the molecule is O=C(c1csnn1)N(Cc1ccccn1)CC1CCCCC1. The van der Waals surface area contributed by atoms with Crippen molar-refractivity contribution in [2.24, 2.45) is 5.92 Å². The zero-order valence-corrected chi connectivity index (χ0v) is 13.3. The molecule has 0 N–H and O–H groups in total. The molecule has 0 bridgehead atoms. The van der Waals surface area contributed by atoms with Crippen LogP contribution in [0.5, 0.6) is 0 Å². The molecule has 1 aliphatic carbocycles. The Morgan fingerprint density at radius 1 is 1.27 bits per heavy atom. The van der Waals surface area contributed by atoms with Crippen molar-refractivity contribution in [3.05, 3.63) is 41.2 Å². The minimum Gasteiger partial charge on any atom is -0.331 e. The predicted molar refractivity (Wildman–Crippen MR) is 85.5 cm³/mol. The Balaban J connectivity index is 1.73. The first kappa shape index (κ1) is 15.1. The number of carbonyl (C=O) groups is 1. The van der Waals surface area contributed by atoms with Crippen LogP contribution in [0.3, 0.4) is 0 Å². The Morgan fingerprint density at radius 3 is 2.82 bits per heavy atom. The lowest BCUT2D eigenvalue weighted by Gasteiger charge is -2.29. The molecule has 2 heterocycles. The third-order valence-electron chi connectivity index (χ3n) is 4.15. The van der Waals surface area contributed by atoms with Crippen molar-refractivity contribution >= 4 is 17.4 Å². The second-order valence-electron chi connectivity index (χ2n) is 5.80. The Kier molecular flexibility index (Phi) is 5.11. The van der Waals surface area contributed by atoms with E-state index in [1.807, 2.05) is 23.1 Å². The maximum atomic E-state index is 12.7. The largest absolute Gasteiger partial charge is 0.331 e. The molecule has 0 spiro atoms. The van der Waals surface area contributed by atoms with E-state index >= 15 is 0 Å². The van der Waals surface area contributed by atoms with Gasteiger partial charge in [0.25, 0.3) is 5.91 Å². The minimum absolute atomic E-state index is 0.0371. The summed E-state index contributed by atoms with van der Waals surface area (Å²) in [4.78, 5) is 18.9. The van der Waals surface area contributed by atoms with E-state index in [0.717, 1.165) is 12.2 Å². The van der Waals surface area contributed by atoms with Crippen LogP contribution in [0.15, 0.2) is 29.8 Å². The molecule has 1 aliphatic rings. The average Bonchev–Trinajstić information content (AvgIpc) is 3.10. The van der Waals surface area contributed by atoms with Gasteiger partial charge in [-0.3, -0.25) is 9.78 Å². The second kappa shape index (κ2) is 7.45. The van der Waals surface area contributed by atoms with Crippen molar-refractivity contribution in [3.8, 4) is 0 Å². The number of aromatic nitrogens is 3. The van der Waals surface area contributed by atoms with Crippen LogP contribution in [0.1, 0.15) is 48.3 Å². The lowest BCUT2D eigenvalue weighted by Crippen LogP contribution is -2.36. The van der Waals surface area contributed by atoms with Gasteiger partial charge in [0.1, 0.15) is 0 Å². The summed E-state index contributed by atoms with van der Waals surface area (Å²) in [5.74, 6) is 0.554. The first-order chi connectivity index (χ1) is 10.8. The first-order valence-corrected chi connectivity index (χ1v) is 8.63. The molecule has 0 saturated heterocycles. The molecule has 1 saturated carbocycles. The van der Waals surface area contributed by atoms with Gasteiger partial charge in [-0.05, 0) is 42.4 Å². The summed E-state index contributed by atoms with van der Waals surface area (Å²) >= 11 is 1.21. The van der Waals surface area contributed by atoms with Crippen LogP contribution < -0.4 is 0 Å². The van der Waals surface area contributed by atoms with E-state index in [9.17, 15) is 4.79 Å². The van der Waals surface area contributed by atoms with Gasteiger partial charge in [-0.25, -0.2) is 0 Å². The number of carbonyl (C=O) groups excluding carboxylic acids is 1. The molecule has 1 fully saturated rings. The average molecular weight is 316 g/mol. The summed E-state index contributed by atoms with van der Waals surface area (Å²) < 4.78 is 3.81. The third kappa shape index (κ3) is 3.88. The topological polar surface area (TPSA) is 59.0 Å². The Hall–Kier alpha value is -1.82. The number of amides is 1. The van der Waals surface area contributed by atoms with Crippen LogP contribution in [-0.2, 0) is 6.54 Å². The van der Waals surface area contributed by atoms with Crippen molar-refractivity contribution in [2.45, 2.75) is 38.6 Å². The van der Waals surface area contributed by atoms with E-state index in [4.69, 9.17) is 0 Å². The number of hydrogen-bond donors (Lipinski definition) is 0. The Labute approximate surface area is 134 Å². The van der Waals surface area contributed by atoms with Crippen molar-refractivity contribution < 1.29 is 4.79 Å². The fraction of sp³-hybridized carbons (Fsp3) is 0.500. The fourth-order valence-corrected chi connectivity index (χ4v) is 3.44. The third-order valence-corrected chi connectivity index (χ3v) is 4.65. The van der Waals surface area contributed by atoms with Gasteiger partial charge in [-0.15, -0.1) is 5.10 Å². The molecule has 3 rings (SSSR count). The highest BCUT2D eigenvalue weighted by molar-refractivity contribution is 7.03. The maximum Gasteiger partial charge on any atom is 0.275 e. The zero-order valence-electron chi connectivity index (χ0n) is 12.5. The maximum absolute atomic E-state index is 12.7. The van der Waals surface area contributed by atoms with Crippen LogP contribution in [0, 0.1) is 5.92 Å². The zero-order chi connectivity index (χ0) is 15.2. The molecular formula is C16H20N4OS. The van der Waals surface area contributed by atoms with Crippen molar-refractivity contribution in [1.82, 2.24) is 19.5 Å². The summed E-state index contributed by atoms with van der Waals surface area (Å²) in [5, 5.41) is 5.65. The van der Waals surface area contributed by atoms with E-state index in [0.29, 0.717) is 18.2 Å². The van der Waals surface area contributed by atoms with Gasteiger partial charge in [0, 0.05) is 18.1 Å². The molecule has 116 valence electrons. The van der Waals surface area contributed by atoms with Crippen LogP contribution in [0.25, 0.3) is 0 Å². The molecule has 22 heavy (non-hydrogen) atoms. The van der Waals surface area contributed by atoms with Crippen LogP contribution in [0.2, 0.25) is 0 Å². The quantitative estimate of drug-likeness (QED) is 0.850. The molecule has 0 aromatic carbocycles. The number of hydrogen-bond acceptors (Lipinski definition) is 5. The minimum atomic E-state index is -0.0371. The summed E-state index contributed by atoms with van der Waals surface area (Å²) in [6, 6.07) is 5.80. The Bertz CT molecular complexity index is 581. The van der Waals surface area contributed by atoms with E-state index in [1.54, 1.807) is 11.6 Å². The molecule has 2 aromatic heterocycles. The Morgan fingerprint density at radius 2 is 2.14 bits per heavy atom. The molecule has 0 aliphatic heterocycles. The molecule has 0 unspecified atom stereocenters. The fourth-order valence-electron chi connectivity index (χ4n) is 3.01. The summed E-state index contributed by atoms with van der Waals surface area (Å²) in [6.45, 7) is 1.32. The van der Waals surface area contributed by atoms with Crippen LogP contribution in [0.4, 0.5) is 0 Å². The van der Waals surface area contributed by atoms with Gasteiger partial charge in [-0.2, -0.15) is 0 Å². The monoisotopic (exact) mass is 316 g/mol. The molecule has 5 nitrogen and oxygen atoms in total. The molecular weight excluding hydrogens is 296 g/mol. The van der Waals surface area contributed by atoms with Crippen molar-refractivity contribution in [2.75, 3.05) is 6.54 Å². The van der Waals surface area contributed by atoms with Crippen molar-refractivity contribution in [3.63, 3.8) is 0 Å². The van der Waals surface area contributed by atoms with Crippen molar-refractivity contribution in [1.29, 1.82) is 0 Å². The normalized spacial score (nSPS) is 15.6. The molecule has 6 heteroatoms. The molecule has 0 radical (unpaired) electrons. The van der Waals surface area contributed by atoms with E-state index < -0.39 is 0 Å². The highest BCUT2D eigenvalue weighted by Gasteiger charge is 2.23. The van der Waals surface area contributed by atoms with Gasteiger partial charge >= 0.3 is 0 Å². The molecule has 2 aromatic rings. The van der Waals surface area contributed by atoms with Gasteiger partial charge in [0.2, 0.25) is 0 Å². The summed E-state index contributed by atoms with van der Waals surface area (Å²) in [7, 11) is 0. The second-order valence-corrected chi connectivity index (χ2v) is 6.41. The first-order valence-electron chi connectivity index (χ1n) is 7.79. The van der Waals surface area contributed by atoms with Crippen LogP contribution >= 0.6 is 11.5 Å². The highest BCUT2D eigenvalue weighted by atomic mass is 32.1. The van der Waals surface area contributed by atoms with Gasteiger partial charge < -0.3 is 4.90 Å². The van der Waals surface area contributed by atoms with Gasteiger partial charge in [-0.1, -0.05) is 29.8 Å². The lowest BCUT2D eigenvalue weighted by atomic mass is 9.89. The van der Waals surface area contributed by atoms with Crippen LogP contribution in [-0.4, -0.2) is 31.9 Å². The lowest BCUT2D eigenvalue weighted by molar-refractivity contribution is 0.0690. The number of rotatable bonds is 5. The summed E-state index contributed by atoms with van der Waals surface area (Å²) in [6.07, 6.45) is 8.05. The van der Waals surface area contributed by atoms with E-state index in [-0.39, 0.29) is 5.91 Å². The summed E-state index contributed by atoms with van der Waals surface area (Å²) in [5.41, 5.74) is 1.35. The standard InChI is InChI=1S/C16H20N4OS/c21-16(15-12-22-19-18-15)20(10-13-6-2-1-3-7-13)11-14-8-4-5-9-17-14/h4-5,8-9,12-13H,1-3,6-7,10-11H2. The van der Waals surface area contributed by atoms with Gasteiger partial charge in [0.05, 0.1) is 12.2 Å². The molecule has 0 atom stereocenters. The van der Waals surface area contributed by atoms with E-state index in [2.05, 4.69) is 14.6 Å². The predicted octanol–water partition coefficient (Wildman–Crippen LogP) is 3.16. The highest BCUT2D eigenvalue weighted by Crippen LogP contribution is 2.25. The molecule has 1 amide bonds. The smallest absolute Gasteiger partial charge is 0.275 e. The van der Waals surface area contributed by atoms with E-state index in [1.165, 1.54) is 43.6 Å². The van der Waals surface area contributed by atoms with Gasteiger partial charge in [0.15, 0.2) is 5.69 Å². The number of pyridine rings is 1.